The minimum atomic E-state index is -4.79. The van der Waals surface area contributed by atoms with Crippen molar-refractivity contribution in [3.63, 3.8) is 0 Å². The van der Waals surface area contributed by atoms with Gasteiger partial charge in [0.1, 0.15) is 21.7 Å². The van der Waals surface area contributed by atoms with E-state index in [0.29, 0.717) is 27.7 Å². The summed E-state index contributed by atoms with van der Waals surface area (Å²) in [5.41, 5.74) is 0.0463. The molecule has 0 spiro atoms. The fourth-order valence-corrected chi connectivity index (χ4v) is 3.70. The van der Waals surface area contributed by atoms with Gasteiger partial charge in [-0.25, -0.2) is 19.7 Å². The van der Waals surface area contributed by atoms with Gasteiger partial charge in [-0.2, -0.15) is 13.2 Å². The smallest absolute Gasteiger partial charge is 0.377 e. The normalized spacial score (nSPS) is 12.5. The quantitative estimate of drug-likeness (QED) is 0.499. The summed E-state index contributed by atoms with van der Waals surface area (Å²) in [6, 6.07) is -0.133. The van der Waals surface area contributed by atoms with Gasteiger partial charge in [0.15, 0.2) is 0 Å². The SMILES string of the molecule is CO[C@H](C)c1c(NC(=O)Nc2cnc(NC(C)=O)c(C(F)(F)F)c2)cnc2sc(C)nc12. The number of nitrogens with zero attached hydrogens (tertiary/aromatic N) is 3. The first kappa shape index (κ1) is 23.3. The molecule has 3 heterocycles. The molecule has 32 heavy (non-hydrogen) atoms. The largest absolute Gasteiger partial charge is 0.420 e. The van der Waals surface area contributed by atoms with Crippen molar-refractivity contribution in [1.82, 2.24) is 15.0 Å². The maximum absolute atomic E-state index is 13.3. The number of nitrogens with one attached hydrogen (secondary N) is 3. The Morgan fingerprint density at radius 2 is 1.88 bits per heavy atom. The van der Waals surface area contributed by atoms with Crippen molar-refractivity contribution in [2.24, 2.45) is 0 Å². The van der Waals surface area contributed by atoms with Crippen LogP contribution in [0.1, 0.15) is 36.1 Å². The lowest BCUT2D eigenvalue weighted by Gasteiger charge is -2.17. The van der Waals surface area contributed by atoms with Gasteiger partial charge in [0.05, 0.1) is 34.9 Å². The van der Waals surface area contributed by atoms with Gasteiger partial charge in [-0.3, -0.25) is 4.79 Å². The van der Waals surface area contributed by atoms with Crippen LogP contribution in [-0.2, 0) is 15.7 Å². The molecule has 0 radical (unpaired) electrons. The van der Waals surface area contributed by atoms with E-state index >= 15 is 0 Å². The molecule has 3 N–H and O–H groups in total. The lowest BCUT2D eigenvalue weighted by molar-refractivity contribution is -0.137. The molecule has 3 aromatic heterocycles. The second kappa shape index (κ2) is 9.04. The van der Waals surface area contributed by atoms with Crippen LogP contribution < -0.4 is 16.0 Å². The van der Waals surface area contributed by atoms with Crippen LogP contribution >= 0.6 is 11.3 Å². The van der Waals surface area contributed by atoms with Gasteiger partial charge in [0.2, 0.25) is 5.91 Å². The number of anilines is 3. The van der Waals surface area contributed by atoms with E-state index in [-0.39, 0.29) is 5.69 Å². The van der Waals surface area contributed by atoms with Crippen molar-refractivity contribution in [3.05, 3.63) is 34.6 Å². The van der Waals surface area contributed by atoms with Gasteiger partial charge in [-0.05, 0) is 19.9 Å². The van der Waals surface area contributed by atoms with Crippen LogP contribution in [0.15, 0.2) is 18.5 Å². The molecule has 0 fully saturated rings. The monoisotopic (exact) mass is 468 g/mol. The fourth-order valence-electron chi connectivity index (χ4n) is 2.93. The molecule has 0 bridgehead atoms. The minimum Gasteiger partial charge on any atom is -0.377 e. The van der Waals surface area contributed by atoms with E-state index in [0.717, 1.165) is 18.1 Å². The number of halogens is 3. The summed E-state index contributed by atoms with van der Waals surface area (Å²) in [5.74, 6) is -1.36. The van der Waals surface area contributed by atoms with Gasteiger partial charge < -0.3 is 20.7 Å². The number of aromatic nitrogens is 3. The second-order valence-electron chi connectivity index (χ2n) is 6.73. The molecule has 1 atom stereocenters. The first-order chi connectivity index (χ1) is 15.0. The topological polar surface area (TPSA) is 118 Å². The predicted molar refractivity (Wildman–Crippen MR) is 114 cm³/mol. The molecule has 0 saturated carbocycles. The molecule has 0 aliphatic heterocycles. The number of amides is 3. The molecule has 9 nitrogen and oxygen atoms in total. The minimum absolute atomic E-state index is 0.219. The Balaban J connectivity index is 1.89. The Hall–Kier alpha value is -3.32. The highest BCUT2D eigenvalue weighted by Crippen LogP contribution is 2.36. The van der Waals surface area contributed by atoms with E-state index in [4.69, 9.17) is 4.74 Å². The number of hydrogen-bond donors (Lipinski definition) is 3. The number of fused-ring (bicyclic) bond motifs is 1. The van der Waals surface area contributed by atoms with E-state index in [9.17, 15) is 22.8 Å². The molecular formula is C19H19F3N6O3S. The van der Waals surface area contributed by atoms with E-state index in [1.165, 1.54) is 24.6 Å². The Labute approximate surface area is 184 Å². The summed E-state index contributed by atoms with van der Waals surface area (Å²) in [5, 5.41) is 7.68. The molecule has 0 unspecified atom stereocenters. The average Bonchev–Trinajstić information content (AvgIpc) is 3.07. The summed E-state index contributed by atoms with van der Waals surface area (Å²) in [6.45, 7) is 4.66. The lowest BCUT2D eigenvalue weighted by atomic mass is 10.1. The van der Waals surface area contributed by atoms with Gasteiger partial charge in [0.25, 0.3) is 0 Å². The molecule has 3 aromatic rings. The molecule has 13 heteroatoms. The van der Waals surface area contributed by atoms with Crippen LogP contribution in [0, 0.1) is 6.92 Å². The molecule has 170 valence electrons. The van der Waals surface area contributed by atoms with Crippen LogP contribution in [0.3, 0.4) is 0 Å². The van der Waals surface area contributed by atoms with Crippen molar-refractivity contribution < 1.29 is 27.5 Å². The molecule has 0 aliphatic rings. The van der Waals surface area contributed by atoms with Gasteiger partial charge in [0, 0.05) is 19.6 Å². The van der Waals surface area contributed by atoms with Crippen molar-refractivity contribution >= 4 is 50.8 Å². The molecule has 0 saturated heterocycles. The molecule has 3 rings (SSSR count). The number of aryl methyl sites for hydroxylation is 1. The first-order valence-electron chi connectivity index (χ1n) is 9.21. The maximum atomic E-state index is 13.3. The average molecular weight is 468 g/mol. The third-order valence-corrected chi connectivity index (χ3v) is 5.20. The Morgan fingerprint density at radius 1 is 1.16 bits per heavy atom. The molecule has 0 aliphatic carbocycles. The number of ether oxygens (including phenoxy) is 1. The third kappa shape index (κ3) is 5.11. The van der Waals surface area contributed by atoms with Crippen LogP contribution in [0.25, 0.3) is 10.3 Å². The van der Waals surface area contributed by atoms with Crippen LogP contribution in [0.2, 0.25) is 0 Å². The summed E-state index contributed by atoms with van der Waals surface area (Å²) < 4.78 is 45.4. The number of carbonyl (C=O) groups is 2. The van der Waals surface area contributed by atoms with E-state index in [1.807, 2.05) is 12.2 Å². The Bertz CT molecular complexity index is 1180. The van der Waals surface area contributed by atoms with Crippen molar-refractivity contribution in [1.29, 1.82) is 0 Å². The van der Waals surface area contributed by atoms with Crippen LogP contribution in [-0.4, -0.2) is 34.0 Å². The van der Waals surface area contributed by atoms with Crippen LogP contribution in [0.5, 0.6) is 0 Å². The number of pyridine rings is 2. The van der Waals surface area contributed by atoms with Crippen molar-refractivity contribution in [3.8, 4) is 0 Å². The molecule has 0 aromatic carbocycles. The summed E-state index contributed by atoms with van der Waals surface area (Å²) in [7, 11) is 1.50. The van der Waals surface area contributed by atoms with Gasteiger partial charge >= 0.3 is 12.2 Å². The summed E-state index contributed by atoms with van der Waals surface area (Å²) in [6.07, 6.45) is -2.79. The number of rotatable bonds is 5. The zero-order chi connectivity index (χ0) is 23.6. The fraction of sp³-hybridized carbons (Fsp3) is 0.316. The lowest BCUT2D eigenvalue weighted by Crippen LogP contribution is -2.22. The van der Waals surface area contributed by atoms with Gasteiger partial charge in [-0.15, -0.1) is 0 Å². The zero-order valence-corrected chi connectivity index (χ0v) is 18.2. The van der Waals surface area contributed by atoms with E-state index < -0.39 is 35.6 Å². The highest BCUT2D eigenvalue weighted by atomic mass is 32.1. The first-order valence-corrected chi connectivity index (χ1v) is 10.0. The number of urea groups is 1. The highest BCUT2D eigenvalue weighted by Gasteiger charge is 2.35. The standard InChI is InChI=1S/C19H19F3N6O3S/c1-8(31-4)14-13(7-24-17-15(14)26-10(3)32-17)28-18(30)27-11-5-12(19(20,21)22)16(23-6-11)25-9(2)29/h5-8H,1-4H3,(H,23,25,29)(H2,27,28,30)/t8-/m1/s1. The Kier molecular flexibility index (Phi) is 6.60. The third-order valence-electron chi connectivity index (χ3n) is 4.33. The predicted octanol–water partition coefficient (Wildman–Crippen LogP) is 4.72. The number of hydrogen-bond acceptors (Lipinski definition) is 7. The number of alkyl halides is 3. The summed E-state index contributed by atoms with van der Waals surface area (Å²) in [4.78, 5) is 36.7. The second-order valence-corrected chi connectivity index (χ2v) is 7.91. The van der Waals surface area contributed by atoms with Crippen LogP contribution in [0.4, 0.5) is 35.2 Å². The number of methoxy groups -OCH3 is 1. The number of carbonyl (C=O) groups excluding carboxylic acids is 2. The van der Waals surface area contributed by atoms with Crippen molar-refractivity contribution in [2.45, 2.75) is 33.1 Å². The molecular weight excluding hydrogens is 449 g/mol. The highest BCUT2D eigenvalue weighted by molar-refractivity contribution is 7.18. The van der Waals surface area contributed by atoms with Gasteiger partial charge in [-0.1, -0.05) is 11.3 Å². The number of thiazole rings is 1. The van der Waals surface area contributed by atoms with E-state index in [2.05, 4.69) is 25.6 Å². The van der Waals surface area contributed by atoms with Crippen molar-refractivity contribution in [2.75, 3.05) is 23.1 Å². The maximum Gasteiger partial charge on any atom is 0.420 e. The zero-order valence-electron chi connectivity index (χ0n) is 17.4. The van der Waals surface area contributed by atoms with E-state index in [1.54, 1.807) is 6.92 Å². The Morgan fingerprint density at radius 3 is 2.50 bits per heavy atom. The summed E-state index contributed by atoms with van der Waals surface area (Å²) >= 11 is 1.38. The molecule has 3 amide bonds.